The van der Waals surface area contributed by atoms with Crippen molar-refractivity contribution in [2.45, 2.75) is 6.42 Å². The Kier molecular flexibility index (Phi) is 4.72. The minimum atomic E-state index is 0.971. The second-order valence-electron chi connectivity index (χ2n) is 11.7. The predicted octanol–water partition coefficient (Wildman–Crippen LogP) is 11.5. The van der Waals surface area contributed by atoms with Gasteiger partial charge in [0.2, 0.25) is 0 Å². The molecule has 0 fully saturated rings. The third kappa shape index (κ3) is 3.22. The third-order valence-corrected chi connectivity index (χ3v) is 10.6. The normalized spacial score (nSPS) is 12.6. The highest BCUT2D eigenvalue weighted by atomic mass is 32.1. The van der Waals surface area contributed by atoms with E-state index in [1.54, 1.807) is 0 Å². The summed E-state index contributed by atoms with van der Waals surface area (Å²) in [6.07, 6.45) is 0.971. The first-order chi connectivity index (χ1) is 21.3. The molecular weight excluding hydrogens is 539 g/mol. The van der Waals surface area contributed by atoms with Crippen LogP contribution in [0.3, 0.4) is 0 Å². The Labute approximate surface area is 252 Å². The smallest absolute Gasteiger partial charge is 0.0541 e. The lowest BCUT2D eigenvalue weighted by atomic mass is 9.94. The lowest BCUT2D eigenvalue weighted by Crippen LogP contribution is -1.92. The van der Waals surface area contributed by atoms with Gasteiger partial charge in [0.25, 0.3) is 0 Å². The molecule has 0 spiro atoms. The molecule has 200 valence electrons. The van der Waals surface area contributed by atoms with Crippen LogP contribution in [0.2, 0.25) is 0 Å². The lowest BCUT2D eigenvalue weighted by molar-refractivity contribution is 1.18. The number of hydrogen-bond donors (Lipinski definition) is 0. The van der Waals surface area contributed by atoms with Crippen molar-refractivity contribution in [1.29, 1.82) is 0 Å². The van der Waals surface area contributed by atoms with Crippen molar-refractivity contribution < 1.29 is 0 Å². The Bertz CT molecular complexity index is 2580. The highest BCUT2D eigenvalue weighted by Gasteiger charge is 2.26. The monoisotopic (exact) mass is 563 g/mol. The molecule has 0 saturated heterocycles. The number of fused-ring (bicyclic) bond motifs is 13. The topological polar surface area (TPSA) is 4.93 Å². The maximum Gasteiger partial charge on any atom is 0.0541 e. The van der Waals surface area contributed by atoms with Crippen molar-refractivity contribution >= 4 is 64.1 Å². The van der Waals surface area contributed by atoms with E-state index in [9.17, 15) is 0 Å². The van der Waals surface area contributed by atoms with Crippen molar-refractivity contribution in [1.82, 2.24) is 4.57 Å². The average Bonchev–Trinajstić information content (AvgIpc) is 3.74. The predicted molar refractivity (Wildman–Crippen MR) is 185 cm³/mol. The molecule has 10 rings (SSSR count). The molecule has 43 heavy (non-hydrogen) atoms. The minimum absolute atomic E-state index is 0.971. The third-order valence-electron chi connectivity index (χ3n) is 9.41. The van der Waals surface area contributed by atoms with Crippen LogP contribution in [0.4, 0.5) is 0 Å². The Morgan fingerprint density at radius 1 is 0.512 bits per heavy atom. The first-order valence-electron chi connectivity index (χ1n) is 14.9. The summed E-state index contributed by atoms with van der Waals surface area (Å²) in [6.45, 7) is 0. The molecule has 0 radical (unpaired) electrons. The van der Waals surface area contributed by atoms with Gasteiger partial charge in [-0.2, -0.15) is 0 Å². The van der Waals surface area contributed by atoms with E-state index in [1.165, 1.54) is 91.8 Å². The standard InChI is InChI=1S/C41H25NS/c1-2-10-28(11-3-1)42-36-16-8-6-13-31(36)34-23-26(19-21-37(34)42)25-18-20-29-27(22-25)24-35-30-12-4-5-14-32(30)40-33-15-7-9-17-38(33)43-41(40)39(29)35/h1-23H,24H2. The van der Waals surface area contributed by atoms with E-state index in [0.717, 1.165) is 6.42 Å². The Morgan fingerprint density at radius 2 is 1.19 bits per heavy atom. The Morgan fingerprint density at radius 3 is 2.07 bits per heavy atom. The molecule has 0 bridgehead atoms. The van der Waals surface area contributed by atoms with Gasteiger partial charge in [-0.1, -0.05) is 103 Å². The molecule has 2 aromatic heterocycles. The van der Waals surface area contributed by atoms with Crippen molar-refractivity contribution in [2.75, 3.05) is 0 Å². The quantitative estimate of drug-likeness (QED) is 0.197. The van der Waals surface area contributed by atoms with E-state index in [1.807, 2.05) is 11.3 Å². The summed E-state index contributed by atoms with van der Waals surface area (Å²) in [4.78, 5) is 0. The van der Waals surface area contributed by atoms with Gasteiger partial charge >= 0.3 is 0 Å². The highest BCUT2D eigenvalue weighted by Crippen LogP contribution is 2.51. The zero-order valence-electron chi connectivity index (χ0n) is 23.3. The van der Waals surface area contributed by atoms with Crippen LogP contribution in [0.5, 0.6) is 0 Å². The van der Waals surface area contributed by atoms with Crippen LogP contribution < -0.4 is 0 Å². The van der Waals surface area contributed by atoms with E-state index in [-0.39, 0.29) is 0 Å². The summed E-state index contributed by atoms with van der Waals surface area (Å²) < 4.78 is 5.18. The molecule has 0 aliphatic heterocycles. The number of nitrogens with zero attached hydrogens (tertiary/aromatic N) is 1. The van der Waals surface area contributed by atoms with Crippen LogP contribution in [-0.4, -0.2) is 4.57 Å². The molecule has 0 unspecified atom stereocenters. The molecule has 0 amide bonds. The van der Waals surface area contributed by atoms with Gasteiger partial charge in [-0.3, -0.25) is 0 Å². The zero-order valence-corrected chi connectivity index (χ0v) is 24.2. The average molecular weight is 564 g/mol. The molecule has 2 heterocycles. The van der Waals surface area contributed by atoms with E-state index >= 15 is 0 Å². The number of aromatic nitrogens is 1. The van der Waals surface area contributed by atoms with Gasteiger partial charge in [-0.15, -0.1) is 11.3 Å². The summed E-state index contributed by atoms with van der Waals surface area (Å²) >= 11 is 1.95. The summed E-state index contributed by atoms with van der Waals surface area (Å²) in [5.74, 6) is 0. The minimum Gasteiger partial charge on any atom is -0.309 e. The molecule has 0 saturated carbocycles. The fraction of sp³-hybridized carbons (Fsp3) is 0.0244. The first-order valence-corrected chi connectivity index (χ1v) is 15.7. The van der Waals surface area contributed by atoms with E-state index < -0.39 is 0 Å². The van der Waals surface area contributed by atoms with Gasteiger partial charge in [0.1, 0.15) is 0 Å². The Balaban J connectivity index is 1.17. The van der Waals surface area contributed by atoms with Crippen LogP contribution in [0.15, 0.2) is 140 Å². The number of benzene rings is 7. The van der Waals surface area contributed by atoms with Gasteiger partial charge in [0, 0.05) is 42.2 Å². The molecule has 0 N–H and O–H groups in total. The molecule has 9 aromatic rings. The van der Waals surface area contributed by atoms with Gasteiger partial charge in [-0.25, -0.2) is 0 Å². The maximum absolute atomic E-state index is 2.45. The summed E-state index contributed by atoms with van der Waals surface area (Å²) in [6, 6.07) is 51.5. The van der Waals surface area contributed by atoms with Crippen LogP contribution in [0.25, 0.3) is 80.7 Å². The van der Waals surface area contributed by atoms with Crippen LogP contribution in [-0.2, 0) is 6.42 Å². The molecule has 2 heteroatoms. The molecule has 1 aliphatic rings. The van der Waals surface area contributed by atoms with Gasteiger partial charge in [0.05, 0.1) is 11.0 Å². The second-order valence-corrected chi connectivity index (χ2v) is 12.7. The fourth-order valence-electron chi connectivity index (χ4n) is 7.55. The largest absolute Gasteiger partial charge is 0.309 e. The molecular formula is C41H25NS. The zero-order chi connectivity index (χ0) is 28.1. The summed E-state index contributed by atoms with van der Waals surface area (Å²) in [7, 11) is 0. The number of hydrogen-bond acceptors (Lipinski definition) is 1. The van der Waals surface area contributed by atoms with Gasteiger partial charge in [0.15, 0.2) is 0 Å². The SMILES string of the molecule is c1ccc(-n2c3ccccc3c3cc(-c4ccc5c(c4)Cc4c-5c5sc6ccccc6c5c5ccccc45)ccc32)cc1. The van der Waals surface area contributed by atoms with E-state index in [2.05, 4.69) is 144 Å². The first kappa shape index (κ1) is 23.4. The lowest BCUT2D eigenvalue weighted by Gasteiger charge is -2.10. The summed E-state index contributed by atoms with van der Waals surface area (Å²) in [5.41, 5.74) is 11.9. The highest BCUT2D eigenvalue weighted by molar-refractivity contribution is 7.26. The van der Waals surface area contributed by atoms with E-state index in [0.29, 0.717) is 0 Å². The fourth-order valence-corrected chi connectivity index (χ4v) is 8.86. The van der Waals surface area contributed by atoms with Crippen molar-refractivity contribution in [2.24, 2.45) is 0 Å². The van der Waals surface area contributed by atoms with E-state index in [4.69, 9.17) is 0 Å². The van der Waals surface area contributed by atoms with Crippen LogP contribution in [0, 0.1) is 0 Å². The van der Waals surface area contributed by atoms with Crippen molar-refractivity contribution in [3.8, 4) is 27.9 Å². The molecule has 1 nitrogen and oxygen atoms in total. The second kappa shape index (κ2) is 8.67. The summed E-state index contributed by atoms with van der Waals surface area (Å²) in [5, 5.41) is 8.12. The number of para-hydroxylation sites is 2. The van der Waals surface area contributed by atoms with Gasteiger partial charge in [-0.05, 0) is 81.4 Å². The molecule has 1 aliphatic carbocycles. The Hall–Kier alpha value is -5.18. The van der Waals surface area contributed by atoms with Gasteiger partial charge < -0.3 is 4.57 Å². The van der Waals surface area contributed by atoms with Crippen LogP contribution >= 0.6 is 11.3 Å². The maximum atomic E-state index is 2.45. The number of rotatable bonds is 2. The van der Waals surface area contributed by atoms with Crippen molar-refractivity contribution in [3.63, 3.8) is 0 Å². The molecule has 0 atom stereocenters. The van der Waals surface area contributed by atoms with Crippen LogP contribution in [0.1, 0.15) is 11.1 Å². The number of thiophene rings is 1. The molecule has 7 aromatic carbocycles. The van der Waals surface area contributed by atoms with Crippen molar-refractivity contribution in [3.05, 3.63) is 151 Å².